The second-order valence-corrected chi connectivity index (χ2v) is 6.69. The van der Waals surface area contributed by atoms with Crippen LogP contribution in [0, 0.1) is 11.8 Å². The number of benzene rings is 1. The summed E-state index contributed by atoms with van der Waals surface area (Å²) < 4.78 is 10.8. The van der Waals surface area contributed by atoms with Crippen molar-refractivity contribution in [1.29, 1.82) is 0 Å². The van der Waals surface area contributed by atoms with Gasteiger partial charge in [-0.05, 0) is 44.0 Å². The Labute approximate surface area is 159 Å². The normalized spacial score (nSPS) is 17.3. The first-order valence-electron chi connectivity index (χ1n) is 8.68. The summed E-state index contributed by atoms with van der Waals surface area (Å²) in [7, 11) is 1.54. The Morgan fingerprint density at radius 1 is 1.27 bits per heavy atom. The van der Waals surface area contributed by atoms with Gasteiger partial charge in [-0.1, -0.05) is 6.92 Å². The lowest BCUT2D eigenvalue weighted by Crippen LogP contribution is -2.48. The smallest absolute Gasteiger partial charge is 0.258 e. The molecular formula is C18H26ClN3O4. The fourth-order valence-corrected chi connectivity index (χ4v) is 2.64. The van der Waals surface area contributed by atoms with Crippen molar-refractivity contribution >= 4 is 29.9 Å². The third-order valence-electron chi connectivity index (χ3n) is 4.67. The van der Waals surface area contributed by atoms with E-state index in [1.807, 2.05) is 6.92 Å². The Morgan fingerprint density at radius 3 is 2.58 bits per heavy atom. The van der Waals surface area contributed by atoms with E-state index in [9.17, 15) is 9.59 Å². The molecule has 7 nitrogen and oxygen atoms in total. The van der Waals surface area contributed by atoms with Crippen LogP contribution in [0.15, 0.2) is 18.2 Å². The van der Waals surface area contributed by atoms with Gasteiger partial charge in [0.05, 0.1) is 7.11 Å². The maximum atomic E-state index is 12.3. The van der Waals surface area contributed by atoms with E-state index in [0.717, 1.165) is 25.9 Å². The molecule has 1 aliphatic carbocycles. The summed E-state index contributed by atoms with van der Waals surface area (Å²) in [6.45, 7) is 3.61. The number of amides is 2. The molecule has 3 N–H and O–H groups in total. The third kappa shape index (κ3) is 5.25. The number of rotatable bonds is 8. The van der Waals surface area contributed by atoms with Crippen molar-refractivity contribution in [3.05, 3.63) is 18.2 Å². The van der Waals surface area contributed by atoms with Gasteiger partial charge in [0.15, 0.2) is 18.1 Å². The van der Waals surface area contributed by atoms with Crippen LogP contribution in [0.5, 0.6) is 11.5 Å². The molecular weight excluding hydrogens is 358 g/mol. The van der Waals surface area contributed by atoms with Gasteiger partial charge in [-0.15, -0.1) is 12.4 Å². The van der Waals surface area contributed by atoms with Crippen molar-refractivity contribution in [3.8, 4) is 11.5 Å². The van der Waals surface area contributed by atoms with Crippen molar-refractivity contribution in [3.63, 3.8) is 0 Å². The predicted octanol–water partition coefficient (Wildman–Crippen LogP) is 1.57. The van der Waals surface area contributed by atoms with Gasteiger partial charge in [0.2, 0.25) is 5.91 Å². The van der Waals surface area contributed by atoms with Gasteiger partial charge in [0.1, 0.15) is 0 Å². The Hall–Kier alpha value is -1.99. The molecule has 2 aliphatic rings. The summed E-state index contributed by atoms with van der Waals surface area (Å²) in [5.74, 6) is 1.11. The molecule has 1 saturated heterocycles. The highest BCUT2D eigenvalue weighted by Crippen LogP contribution is 2.31. The number of nitrogens with one attached hydrogen (secondary N) is 3. The number of methoxy groups -OCH3 is 1. The number of ether oxygens (including phenoxy) is 2. The quantitative estimate of drug-likeness (QED) is 0.634. The van der Waals surface area contributed by atoms with Crippen LogP contribution in [0.2, 0.25) is 0 Å². The SMILES string of the molecule is COc1ccc(NC(=O)C(C)C2CNC2)cc1OCC(=O)NC1CC1.Cl. The molecule has 1 aromatic carbocycles. The first kappa shape index (κ1) is 20.3. The van der Waals surface area contributed by atoms with Crippen molar-refractivity contribution in [2.24, 2.45) is 11.8 Å². The van der Waals surface area contributed by atoms with Crippen molar-refractivity contribution in [1.82, 2.24) is 10.6 Å². The lowest BCUT2D eigenvalue weighted by Gasteiger charge is -2.31. The van der Waals surface area contributed by atoms with Crippen LogP contribution in [-0.4, -0.2) is 44.7 Å². The average Bonchev–Trinajstić information content (AvgIpc) is 3.35. The fourth-order valence-electron chi connectivity index (χ4n) is 2.64. The van der Waals surface area contributed by atoms with Crippen molar-refractivity contribution < 1.29 is 19.1 Å². The molecule has 1 saturated carbocycles. The number of carbonyl (C=O) groups excluding carboxylic acids is 2. The molecule has 3 rings (SSSR count). The largest absolute Gasteiger partial charge is 0.493 e. The third-order valence-corrected chi connectivity index (χ3v) is 4.67. The van der Waals surface area contributed by atoms with E-state index in [1.165, 1.54) is 7.11 Å². The van der Waals surface area contributed by atoms with Crippen molar-refractivity contribution in [2.75, 3.05) is 32.1 Å². The fraction of sp³-hybridized carbons (Fsp3) is 0.556. The summed E-state index contributed by atoms with van der Waals surface area (Å²) in [5, 5.41) is 8.95. The van der Waals surface area contributed by atoms with E-state index in [4.69, 9.17) is 9.47 Å². The molecule has 0 bridgehead atoms. The Bertz CT molecular complexity index is 647. The van der Waals surface area contributed by atoms with E-state index in [0.29, 0.717) is 29.1 Å². The van der Waals surface area contributed by atoms with Gasteiger partial charge in [-0.2, -0.15) is 0 Å². The van der Waals surface area contributed by atoms with Crippen LogP contribution in [0.1, 0.15) is 19.8 Å². The molecule has 2 amide bonds. The maximum Gasteiger partial charge on any atom is 0.258 e. The number of halogens is 1. The second kappa shape index (κ2) is 9.09. The molecule has 26 heavy (non-hydrogen) atoms. The van der Waals surface area contributed by atoms with Crippen LogP contribution in [-0.2, 0) is 9.59 Å². The summed E-state index contributed by atoms with van der Waals surface area (Å²) in [6, 6.07) is 5.47. The van der Waals surface area contributed by atoms with Gasteiger partial charge in [0, 0.05) is 23.7 Å². The van der Waals surface area contributed by atoms with E-state index < -0.39 is 0 Å². The molecule has 8 heteroatoms. The first-order valence-corrected chi connectivity index (χ1v) is 8.68. The van der Waals surface area contributed by atoms with Gasteiger partial charge >= 0.3 is 0 Å². The highest BCUT2D eigenvalue weighted by atomic mass is 35.5. The Kier molecular flexibility index (Phi) is 7.11. The summed E-state index contributed by atoms with van der Waals surface area (Å²) in [5.41, 5.74) is 0.627. The summed E-state index contributed by atoms with van der Waals surface area (Å²) in [6.07, 6.45) is 2.07. The summed E-state index contributed by atoms with van der Waals surface area (Å²) >= 11 is 0. The molecule has 1 aliphatic heterocycles. The minimum atomic E-state index is -0.148. The van der Waals surface area contributed by atoms with Crippen LogP contribution >= 0.6 is 12.4 Å². The molecule has 1 atom stereocenters. The molecule has 0 radical (unpaired) electrons. The van der Waals surface area contributed by atoms with Crippen LogP contribution in [0.25, 0.3) is 0 Å². The standard InChI is InChI=1S/C18H25N3O4.ClH/c1-11(12-8-19-9-12)18(23)21-14-5-6-15(24-2)16(7-14)25-10-17(22)20-13-3-4-13;/h5-7,11-13,19H,3-4,8-10H2,1-2H3,(H,20,22)(H,21,23);1H. The van der Waals surface area contributed by atoms with E-state index in [2.05, 4.69) is 16.0 Å². The minimum Gasteiger partial charge on any atom is -0.493 e. The monoisotopic (exact) mass is 383 g/mol. The zero-order valence-electron chi connectivity index (χ0n) is 15.0. The average molecular weight is 384 g/mol. The second-order valence-electron chi connectivity index (χ2n) is 6.69. The van der Waals surface area contributed by atoms with Gasteiger partial charge in [-0.25, -0.2) is 0 Å². The predicted molar refractivity (Wildman–Crippen MR) is 101 cm³/mol. The first-order chi connectivity index (χ1) is 12.1. The lowest BCUT2D eigenvalue weighted by molar-refractivity contribution is -0.123. The molecule has 1 heterocycles. The number of anilines is 1. The highest BCUT2D eigenvalue weighted by molar-refractivity contribution is 5.93. The number of carbonyl (C=O) groups is 2. The van der Waals surface area contributed by atoms with Gasteiger partial charge in [0.25, 0.3) is 5.91 Å². The molecule has 1 aromatic rings. The zero-order chi connectivity index (χ0) is 17.8. The number of hydrogen-bond acceptors (Lipinski definition) is 5. The Balaban J connectivity index is 0.00000243. The molecule has 2 fully saturated rings. The topological polar surface area (TPSA) is 88.7 Å². The van der Waals surface area contributed by atoms with Crippen LogP contribution in [0.3, 0.4) is 0 Å². The number of hydrogen-bond donors (Lipinski definition) is 3. The van der Waals surface area contributed by atoms with E-state index in [1.54, 1.807) is 18.2 Å². The lowest BCUT2D eigenvalue weighted by atomic mass is 9.88. The maximum absolute atomic E-state index is 12.3. The Morgan fingerprint density at radius 2 is 2.00 bits per heavy atom. The van der Waals surface area contributed by atoms with Crippen molar-refractivity contribution in [2.45, 2.75) is 25.8 Å². The highest BCUT2D eigenvalue weighted by Gasteiger charge is 2.29. The van der Waals surface area contributed by atoms with Gasteiger partial charge in [-0.3, -0.25) is 9.59 Å². The molecule has 1 unspecified atom stereocenters. The van der Waals surface area contributed by atoms with E-state index in [-0.39, 0.29) is 36.7 Å². The van der Waals surface area contributed by atoms with E-state index >= 15 is 0 Å². The molecule has 0 aromatic heterocycles. The molecule has 144 valence electrons. The zero-order valence-corrected chi connectivity index (χ0v) is 15.9. The van der Waals surface area contributed by atoms with Crippen LogP contribution in [0.4, 0.5) is 5.69 Å². The molecule has 0 spiro atoms. The summed E-state index contributed by atoms with van der Waals surface area (Å²) in [4.78, 5) is 24.1. The van der Waals surface area contributed by atoms with Crippen LogP contribution < -0.4 is 25.4 Å². The minimum absolute atomic E-state index is 0. The van der Waals surface area contributed by atoms with Gasteiger partial charge < -0.3 is 25.4 Å².